The Kier molecular flexibility index (Phi) is 5.78. The Bertz CT molecular complexity index is 1100. The summed E-state index contributed by atoms with van der Waals surface area (Å²) < 4.78 is 32.9. The van der Waals surface area contributed by atoms with Crippen LogP contribution in [0.2, 0.25) is 0 Å². The maximum Gasteiger partial charge on any atom is 0.246 e. The quantitative estimate of drug-likeness (QED) is 0.662. The topological polar surface area (TPSA) is 99.1 Å². The van der Waals surface area contributed by atoms with E-state index in [9.17, 15) is 8.42 Å². The molecule has 144 valence electrons. The monoisotopic (exact) mass is 396 g/mol. The first-order valence-electron chi connectivity index (χ1n) is 8.58. The third-order valence-corrected chi connectivity index (χ3v) is 6.33. The molecule has 1 heterocycles. The standard InChI is InChI=1S/C20H20N4O3S/c1-24(9-8-16-13-22-23-14-16)28(25,26)20-11-18(6-7-19(20)27-2)17-5-3-4-15(10-17)12-21/h3-7,10-11,13-14H,8-9H2,1-2H3,(H,22,23). The van der Waals surface area contributed by atoms with Crippen LogP contribution in [0.4, 0.5) is 0 Å². The number of likely N-dealkylation sites (N-methyl/N-ethyl adjacent to an activating group) is 1. The fraction of sp³-hybridized carbons (Fsp3) is 0.200. The van der Waals surface area contributed by atoms with E-state index in [-0.39, 0.29) is 10.6 Å². The summed E-state index contributed by atoms with van der Waals surface area (Å²) in [7, 11) is -0.789. The van der Waals surface area contributed by atoms with Gasteiger partial charge in [0.2, 0.25) is 10.0 Å². The number of aromatic amines is 1. The Labute approximate surface area is 164 Å². The first kappa shape index (κ1) is 19.6. The van der Waals surface area contributed by atoms with Crippen molar-refractivity contribution in [1.82, 2.24) is 14.5 Å². The molecule has 0 saturated carbocycles. The Morgan fingerprint density at radius 1 is 1.21 bits per heavy atom. The average molecular weight is 396 g/mol. The summed E-state index contributed by atoms with van der Waals surface area (Å²) in [6.45, 7) is 0.305. The molecule has 28 heavy (non-hydrogen) atoms. The number of aromatic nitrogens is 2. The van der Waals surface area contributed by atoms with Gasteiger partial charge in [0, 0.05) is 19.8 Å². The van der Waals surface area contributed by atoms with E-state index in [0.29, 0.717) is 24.1 Å². The van der Waals surface area contributed by atoms with Gasteiger partial charge in [-0.15, -0.1) is 0 Å². The van der Waals surface area contributed by atoms with Crippen molar-refractivity contribution in [2.75, 3.05) is 20.7 Å². The molecule has 0 amide bonds. The van der Waals surface area contributed by atoms with E-state index in [1.807, 2.05) is 6.07 Å². The molecule has 7 nitrogen and oxygen atoms in total. The summed E-state index contributed by atoms with van der Waals surface area (Å²) in [5.74, 6) is 0.273. The van der Waals surface area contributed by atoms with Crippen LogP contribution in [0.1, 0.15) is 11.1 Å². The molecule has 0 bridgehead atoms. The number of nitrogens with zero attached hydrogens (tertiary/aromatic N) is 3. The van der Waals surface area contributed by atoms with E-state index in [2.05, 4.69) is 16.3 Å². The van der Waals surface area contributed by atoms with Gasteiger partial charge in [0.25, 0.3) is 0 Å². The molecular weight excluding hydrogens is 376 g/mol. The normalized spacial score (nSPS) is 11.4. The van der Waals surface area contributed by atoms with Crippen molar-refractivity contribution in [2.45, 2.75) is 11.3 Å². The van der Waals surface area contributed by atoms with Gasteiger partial charge in [-0.1, -0.05) is 18.2 Å². The second kappa shape index (κ2) is 8.25. The molecule has 0 aliphatic rings. The second-order valence-electron chi connectivity index (χ2n) is 6.24. The molecule has 0 unspecified atom stereocenters. The number of H-pyrrole nitrogens is 1. The zero-order chi connectivity index (χ0) is 20.1. The van der Waals surface area contributed by atoms with Crippen LogP contribution in [0.5, 0.6) is 5.75 Å². The number of benzene rings is 2. The molecule has 8 heteroatoms. The largest absolute Gasteiger partial charge is 0.495 e. The van der Waals surface area contributed by atoms with Crippen LogP contribution in [0.25, 0.3) is 11.1 Å². The van der Waals surface area contributed by atoms with Gasteiger partial charge in [-0.3, -0.25) is 5.10 Å². The third kappa shape index (κ3) is 4.06. The number of rotatable bonds is 7. The molecule has 0 fully saturated rings. The van der Waals surface area contributed by atoms with Crippen molar-refractivity contribution < 1.29 is 13.2 Å². The predicted molar refractivity (Wildman–Crippen MR) is 105 cm³/mol. The van der Waals surface area contributed by atoms with Crippen molar-refractivity contribution in [3.8, 4) is 22.9 Å². The number of hydrogen-bond donors (Lipinski definition) is 1. The molecule has 1 aromatic heterocycles. The maximum absolute atomic E-state index is 13.1. The van der Waals surface area contributed by atoms with Gasteiger partial charge in [0.05, 0.1) is 24.9 Å². The lowest BCUT2D eigenvalue weighted by Crippen LogP contribution is -2.29. The Hall–Kier alpha value is -3.15. The molecule has 0 radical (unpaired) electrons. The summed E-state index contributed by atoms with van der Waals surface area (Å²) >= 11 is 0. The molecule has 0 spiro atoms. The Morgan fingerprint density at radius 2 is 2.00 bits per heavy atom. The van der Waals surface area contributed by atoms with E-state index >= 15 is 0 Å². The van der Waals surface area contributed by atoms with Gasteiger partial charge in [0.15, 0.2) is 0 Å². The van der Waals surface area contributed by atoms with Gasteiger partial charge in [-0.25, -0.2) is 12.7 Å². The lowest BCUT2D eigenvalue weighted by Gasteiger charge is -2.19. The molecular formula is C20H20N4O3S. The lowest BCUT2D eigenvalue weighted by molar-refractivity contribution is 0.398. The zero-order valence-electron chi connectivity index (χ0n) is 15.6. The highest BCUT2D eigenvalue weighted by molar-refractivity contribution is 7.89. The lowest BCUT2D eigenvalue weighted by atomic mass is 10.0. The summed E-state index contributed by atoms with van der Waals surface area (Å²) in [5.41, 5.74) is 2.89. The Morgan fingerprint density at radius 3 is 2.68 bits per heavy atom. The highest BCUT2D eigenvalue weighted by Gasteiger charge is 2.25. The predicted octanol–water partition coefficient (Wildman–Crippen LogP) is 2.82. The van der Waals surface area contributed by atoms with Crippen LogP contribution >= 0.6 is 0 Å². The maximum atomic E-state index is 13.1. The van der Waals surface area contributed by atoms with Crippen molar-refractivity contribution in [1.29, 1.82) is 5.26 Å². The summed E-state index contributed by atoms with van der Waals surface area (Å²) in [6, 6.07) is 14.1. The molecule has 1 N–H and O–H groups in total. The smallest absolute Gasteiger partial charge is 0.246 e. The van der Waals surface area contributed by atoms with Crippen LogP contribution < -0.4 is 4.74 Å². The van der Waals surface area contributed by atoms with Crippen LogP contribution in [-0.2, 0) is 16.4 Å². The Balaban J connectivity index is 1.95. The first-order chi connectivity index (χ1) is 13.5. The average Bonchev–Trinajstić information content (AvgIpc) is 3.25. The van der Waals surface area contributed by atoms with Gasteiger partial charge in [-0.2, -0.15) is 10.4 Å². The second-order valence-corrected chi connectivity index (χ2v) is 8.25. The van der Waals surface area contributed by atoms with Gasteiger partial charge in [0.1, 0.15) is 10.6 Å². The van der Waals surface area contributed by atoms with Crippen molar-refractivity contribution in [3.05, 3.63) is 66.0 Å². The van der Waals surface area contributed by atoms with Crippen LogP contribution in [0.15, 0.2) is 59.8 Å². The minimum Gasteiger partial charge on any atom is -0.495 e. The van der Waals surface area contributed by atoms with E-state index in [0.717, 1.165) is 11.1 Å². The van der Waals surface area contributed by atoms with Gasteiger partial charge < -0.3 is 4.74 Å². The number of nitriles is 1. The van der Waals surface area contributed by atoms with Crippen molar-refractivity contribution in [2.24, 2.45) is 0 Å². The highest BCUT2D eigenvalue weighted by atomic mass is 32.2. The molecule has 3 aromatic rings. The van der Waals surface area contributed by atoms with E-state index in [1.54, 1.807) is 48.8 Å². The van der Waals surface area contributed by atoms with E-state index < -0.39 is 10.0 Å². The van der Waals surface area contributed by atoms with Crippen molar-refractivity contribution in [3.63, 3.8) is 0 Å². The number of nitrogens with one attached hydrogen (secondary N) is 1. The molecule has 2 aromatic carbocycles. The fourth-order valence-electron chi connectivity index (χ4n) is 2.82. The van der Waals surface area contributed by atoms with Gasteiger partial charge >= 0.3 is 0 Å². The minimum atomic E-state index is -3.77. The zero-order valence-corrected chi connectivity index (χ0v) is 16.4. The fourth-order valence-corrected chi connectivity index (χ4v) is 4.16. The summed E-state index contributed by atoms with van der Waals surface area (Å²) in [6.07, 6.45) is 3.95. The van der Waals surface area contributed by atoms with Crippen LogP contribution in [0, 0.1) is 11.3 Å². The molecule has 0 saturated heterocycles. The first-order valence-corrected chi connectivity index (χ1v) is 10.0. The SMILES string of the molecule is COc1ccc(-c2cccc(C#N)c2)cc1S(=O)(=O)N(C)CCc1cn[nH]c1. The molecule has 3 rings (SSSR count). The highest BCUT2D eigenvalue weighted by Crippen LogP contribution is 2.32. The third-order valence-electron chi connectivity index (χ3n) is 4.45. The van der Waals surface area contributed by atoms with Crippen LogP contribution in [0.3, 0.4) is 0 Å². The summed E-state index contributed by atoms with van der Waals surface area (Å²) in [5, 5.41) is 15.7. The number of methoxy groups -OCH3 is 1. The molecule has 0 aliphatic heterocycles. The number of hydrogen-bond acceptors (Lipinski definition) is 5. The minimum absolute atomic E-state index is 0.0876. The number of sulfonamides is 1. The van der Waals surface area contributed by atoms with Crippen LogP contribution in [-0.4, -0.2) is 43.6 Å². The number of ether oxygens (including phenoxy) is 1. The molecule has 0 atom stereocenters. The van der Waals surface area contributed by atoms with Gasteiger partial charge in [-0.05, 0) is 47.4 Å². The van der Waals surface area contributed by atoms with Crippen molar-refractivity contribution >= 4 is 10.0 Å². The van der Waals surface area contributed by atoms with E-state index in [1.165, 1.54) is 18.5 Å². The van der Waals surface area contributed by atoms with E-state index in [4.69, 9.17) is 10.00 Å². The molecule has 0 aliphatic carbocycles. The summed E-state index contributed by atoms with van der Waals surface area (Å²) in [4.78, 5) is 0.0876.